The van der Waals surface area contributed by atoms with Gasteiger partial charge in [-0.1, -0.05) is 6.92 Å². The maximum absolute atomic E-state index is 11.5. The van der Waals surface area contributed by atoms with Crippen LogP contribution in [0.2, 0.25) is 0 Å². The first-order valence-electron chi connectivity index (χ1n) is 5.59. The normalized spacial score (nSPS) is 11.7. The summed E-state index contributed by atoms with van der Waals surface area (Å²) in [4.78, 5) is 27.1. The Hall–Kier alpha value is -2.38. The molecule has 0 saturated heterocycles. The molecule has 0 aliphatic heterocycles. The molecule has 1 amide bonds. The van der Waals surface area contributed by atoms with Crippen LogP contribution < -0.4 is 10.2 Å². The van der Waals surface area contributed by atoms with Crippen LogP contribution in [0.5, 0.6) is 11.8 Å². The van der Waals surface area contributed by atoms with E-state index in [4.69, 9.17) is 9.57 Å². The average molecular weight is 272 g/mol. The molecular formula is C11H16N2O6. The highest BCUT2D eigenvalue weighted by atomic mass is 16.7. The Balaban J connectivity index is 2.41. The number of amides is 1. The van der Waals surface area contributed by atoms with E-state index in [0.29, 0.717) is 4.73 Å². The summed E-state index contributed by atoms with van der Waals surface area (Å²) in [5.74, 6) is -1.71. The van der Waals surface area contributed by atoms with E-state index >= 15 is 0 Å². The number of alkyl carbamates (subject to hydrolysis) is 1. The van der Waals surface area contributed by atoms with Crippen molar-refractivity contribution in [2.24, 2.45) is 5.92 Å². The molecule has 0 saturated carbocycles. The Morgan fingerprint density at radius 2 is 1.95 bits per heavy atom. The first kappa shape index (κ1) is 14.7. The van der Waals surface area contributed by atoms with Crippen LogP contribution in [-0.2, 0) is 9.53 Å². The van der Waals surface area contributed by atoms with Crippen molar-refractivity contribution in [3.63, 3.8) is 0 Å². The van der Waals surface area contributed by atoms with Gasteiger partial charge >= 0.3 is 12.1 Å². The number of hydrogen-bond acceptors (Lipinski definition) is 6. The van der Waals surface area contributed by atoms with Crippen molar-refractivity contribution in [2.75, 3.05) is 13.7 Å². The van der Waals surface area contributed by atoms with Crippen LogP contribution in [0.25, 0.3) is 0 Å². The minimum Gasteiger partial charge on any atom is -0.492 e. The molecule has 0 radical (unpaired) electrons. The molecule has 1 aromatic heterocycles. The summed E-state index contributed by atoms with van der Waals surface area (Å²) in [6.45, 7) is 1.75. The highest BCUT2D eigenvalue weighted by molar-refractivity contribution is 5.70. The fourth-order valence-corrected chi connectivity index (χ4v) is 1.27. The van der Waals surface area contributed by atoms with Crippen LogP contribution in [0.1, 0.15) is 13.3 Å². The third-order valence-corrected chi connectivity index (χ3v) is 2.21. The first-order valence-corrected chi connectivity index (χ1v) is 5.59. The van der Waals surface area contributed by atoms with E-state index in [1.54, 1.807) is 6.92 Å². The Kier molecular flexibility index (Phi) is 5.04. The maximum atomic E-state index is 11.5. The van der Waals surface area contributed by atoms with Gasteiger partial charge < -0.3 is 25.1 Å². The number of carbonyl (C=O) groups excluding carboxylic acids is 2. The quantitative estimate of drug-likeness (QED) is 0.708. The minimum atomic E-state index is -0.671. The van der Waals surface area contributed by atoms with Crippen molar-refractivity contribution in [3.8, 4) is 11.8 Å². The predicted octanol–water partition coefficient (Wildman–Crippen LogP) is 0.237. The Morgan fingerprint density at radius 1 is 1.37 bits per heavy atom. The molecule has 1 atom stereocenters. The van der Waals surface area contributed by atoms with Crippen LogP contribution in [0.3, 0.4) is 0 Å². The first-order chi connectivity index (χ1) is 8.93. The van der Waals surface area contributed by atoms with Gasteiger partial charge in [0.2, 0.25) is 11.8 Å². The predicted molar refractivity (Wildman–Crippen MR) is 63.5 cm³/mol. The number of carbonyl (C=O) groups is 2. The van der Waals surface area contributed by atoms with Gasteiger partial charge in [-0.15, -0.1) is 4.73 Å². The highest BCUT2D eigenvalue weighted by Crippen LogP contribution is 2.19. The van der Waals surface area contributed by atoms with Gasteiger partial charge in [-0.2, -0.15) is 0 Å². The van der Waals surface area contributed by atoms with Crippen LogP contribution in [-0.4, -0.2) is 40.7 Å². The molecule has 106 valence electrons. The van der Waals surface area contributed by atoms with E-state index < -0.39 is 12.1 Å². The van der Waals surface area contributed by atoms with E-state index in [1.807, 2.05) is 0 Å². The Morgan fingerprint density at radius 3 is 2.47 bits per heavy atom. The van der Waals surface area contributed by atoms with Gasteiger partial charge in [-0.25, -0.2) is 9.59 Å². The van der Waals surface area contributed by atoms with E-state index in [1.165, 1.54) is 19.2 Å². The van der Waals surface area contributed by atoms with E-state index in [-0.39, 0.29) is 30.7 Å². The second-order valence-electron chi connectivity index (χ2n) is 3.97. The maximum Gasteiger partial charge on any atom is 0.406 e. The fourth-order valence-electron chi connectivity index (χ4n) is 1.27. The zero-order valence-electron chi connectivity index (χ0n) is 10.6. The van der Waals surface area contributed by atoms with Crippen LogP contribution in [0.15, 0.2) is 12.1 Å². The lowest BCUT2D eigenvalue weighted by molar-refractivity contribution is -0.146. The minimum absolute atomic E-state index is 0.0337. The molecule has 0 aliphatic carbocycles. The van der Waals surface area contributed by atoms with E-state index in [2.05, 4.69) is 5.32 Å². The van der Waals surface area contributed by atoms with Crippen molar-refractivity contribution in [1.82, 2.24) is 10.0 Å². The molecule has 0 aliphatic rings. The summed E-state index contributed by atoms with van der Waals surface area (Å²) >= 11 is 0. The third kappa shape index (κ3) is 4.41. The van der Waals surface area contributed by atoms with Gasteiger partial charge in [-0.05, 0) is 0 Å². The van der Waals surface area contributed by atoms with Gasteiger partial charge in [0.05, 0.1) is 13.0 Å². The molecule has 0 spiro atoms. The van der Waals surface area contributed by atoms with Crippen molar-refractivity contribution in [2.45, 2.75) is 13.3 Å². The third-order valence-electron chi connectivity index (χ3n) is 2.21. The lowest BCUT2D eigenvalue weighted by Crippen LogP contribution is -2.25. The van der Waals surface area contributed by atoms with Gasteiger partial charge in [0.1, 0.15) is 0 Å². The summed E-state index contributed by atoms with van der Waals surface area (Å²) in [5, 5.41) is 20.8. The summed E-state index contributed by atoms with van der Waals surface area (Å²) in [7, 11) is 1.43. The van der Waals surface area contributed by atoms with Gasteiger partial charge in [0.25, 0.3) is 0 Å². The average Bonchev–Trinajstić information content (AvgIpc) is 2.67. The Bertz CT molecular complexity index is 437. The summed E-state index contributed by atoms with van der Waals surface area (Å²) in [6, 6.07) is 2.36. The van der Waals surface area contributed by atoms with Crippen molar-refractivity contribution >= 4 is 12.1 Å². The number of ether oxygens (including phenoxy) is 1. The molecule has 1 unspecified atom stereocenters. The van der Waals surface area contributed by atoms with Crippen LogP contribution in [0, 0.1) is 5.92 Å². The second kappa shape index (κ2) is 6.53. The molecule has 0 aromatic carbocycles. The number of hydrogen-bond donors (Lipinski definition) is 3. The number of aromatic hydroxyl groups is 2. The topological polar surface area (TPSA) is 110 Å². The van der Waals surface area contributed by atoms with Crippen LogP contribution >= 0.6 is 0 Å². The highest BCUT2D eigenvalue weighted by Gasteiger charge is 2.16. The summed E-state index contributed by atoms with van der Waals surface area (Å²) in [5.41, 5.74) is 0. The molecule has 1 aromatic rings. The smallest absolute Gasteiger partial charge is 0.406 e. The SMILES string of the molecule is CNC(=O)OCC(C)CC(=O)On1c(O)ccc1O. The molecule has 1 heterocycles. The number of nitrogens with zero attached hydrogens (tertiary/aromatic N) is 1. The van der Waals surface area contributed by atoms with Gasteiger partial charge in [-0.3, -0.25) is 0 Å². The molecular weight excluding hydrogens is 256 g/mol. The zero-order chi connectivity index (χ0) is 14.4. The monoisotopic (exact) mass is 272 g/mol. The molecule has 0 fully saturated rings. The van der Waals surface area contributed by atoms with Crippen molar-refractivity contribution in [1.29, 1.82) is 0 Å². The van der Waals surface area contributed by atoms with E-state index in [0.717, 1.165) is 0 Å². The number of aromatic nitrogens is 1. The molecule has 8 nitrogen and oxygen atoms in total. The van der Waals surface area contributed by atoms with Gasteiger partial charge in [0, 0.05) is 25.1 Å². The van der Waals surface area contributed by atoms with Crippen molar-refractivity contribution in [3.05, 3.63) is 12.1 Å². The standard InChI is InChI=1S/C11H16N2O6/c1-7(6-18-11(17)12-2)5-10(16)19-13-8(14)3-4-9(13)15/h3-4,7,14-15H,5-6H2,1-2H3,(H,12,17). The summed E-state index contributed by atoms with van der Waals surface area (Å²) in [6.07, 6.45) is -0.616. The van der Waals surface area contributed by atoms with Crippen molar-refractivity contribution < 1.29 is 29.4 Å². The zero-order valence-corrected chi connectivity index (χ0v) is 10.6. The fraction of sp³-hybridized carbons (Fsp3) is 0.455. The lowest BCUT2D eigenvalue weighted by atomic mass is 10.1. The lowest BCUT2D eigenvalue weighted by Gasteiger charge is -2.12. The Labute approximate surface area is 109 Å². The summed E-state index contributed by atoms with van der Waals surface area (Å²) < 4.78 is 5.38. The van der Waals surface area contributed by atoms with E-state index in [9.17, 15) is 19.8 Å². The molecule has 0 bridgehead atoms. The van der Waals surface area contributed by atoms with Crippen LogP contribution in [0.4, 0.5) is 4.79 Å². The number of rotatable bonds is 5. The molecule has 1 rings (SSSR count). The molecule has 3 N–H and O–H groups in total. The molecule has 8 heteroatoms. The molecule has 19 heavy (non-hydrogen) atoms. The largest absolute Gasteiger partial charge is 0.492 e. The van der Waals surface area contributed by atoms with Gasteiger partial charge in [0.15, 0.2) is 0 Å². The second-order valence-corrected chi connectivity index (χ2v) is 3.97. The number of nitrogens with one attached hydrogen (secondary N) is 1.